The normalized spacial score (nSPS) is 17.3. The summed E-state index contributed by atoms with van der Waals surface area (Å²) in [6.45, 7) is 0.835. The molecule has 7 heteroatoms. The Balaban J connectivity index is 2.37. The number of aliphatic hydroxyl groups is 1. The fourth-order valence-corrected chi connectivity index (χ4v) is 3.57. The van der Waals surface area contributed by atoms with Crippen molar-refractivity contribution >= 4 is 39.5 Å². The molecule has 1 fully saturated rings. The predicted octanol–water partition coefficient (Wildman–Crippen LogP) is 1.80. The third kappa shape index (κ3) is 2.77. The van der Waals surface area contributed by atoms with Gasteiger partial charge in [0.1, 0.15) is 5.56 Å². The van der Waals surface area contributed by atoms with Crippen molar-refractivity contribution in [1.29, 1.82) is 0 Å². The third-order valence-corrected chi connectivity index (χ3v) is 5.10. The molecule has 0 atom stereocenters. The summed E-state index contributed by atoms with van der Waals surface area (Å²) in [6, 6.07) is 5.35. The van der Waals surface area contributed by atoms with Gasteiger partial charge >= 0.3 is 5.97 Å². The summed E-state index contributed by atoms with van der Waals surface area (Å²) >= 11 is 2.09. The predicted molar refractivity (Wildman–Crippen MR) is 93.0 cm³/mol. The van der Waals surface area contributed by atoms with E-state index in [1.165, 1.54) is 6.20 Å². The summed E-state index contributed by atoms with van der Waals surface area (Å²) in [4.78, 5) is 23.9. The summed E-state index contributed by atoms with van der Waals surface area (Å²) < 4.78 is 7.99. The molecule has 2 aromatic rings. The average molecular weight is 429 g/mol. The number of aromatic nitrogens is 1. The number of rotatable bonds is 3. The van der Waals surface area contributed by atoms with Crippen molar-refractivity contribution < 1.29 is 19.7 Å². The van der Waals surface area contributed by atoms with Crippen LogP contribution in [0, 0.1) is 3.57 Å². The van der Waals surface area contributed by atoms with Crippen molar-refractivity contribution in [1.82, 2.24) is 4.57 Å². The second kappa shape index (κ2) is 6.21. The Bertz CT molecular complexity index is 823. The maximum Gasteiger partial charge on any atom is 0.341 e. The number of ether oxygens (including phenoxy) is 1. The standard InChI is InChI=1S/C16H16INO5/c17-10-1-2-13-11(7-10)14(20)12(15(21)22)8-18(13)16(9-19)3-5-23-6-4-16/h1-2,7-8,19H,3-6,9H2,(H,21,22). The molecule has 2 N–H and O–H groups in total. The van der Waals surface area contributed by atoms with E-state index in [2.05, 4.69) is 22.6 Å². The van der Waals surface area contributed by atoms with E-state index < -0.39 is 16.9 Å². The van der Waals surface area contributed by atoms with Crippen LogP contribution in [-0.2, 0) is 10.3 Å². The Hall–Kier alpha value is -1.45. The number of carboxylic acids is 1. The zero-order chi connectivity index (χ0) is 16.6. The number of hydrogen-bond acceptors (Lipinski definition) is 4. The number of nitrogens with zero attached hydrogens (tertiary/aromatic N) is 1. The molecule has 23 heavy (non-hydrogen) atoms. The molecule has 1 aliphatic heterocycles. The molecular formula is C16H16INO5. The lowest BCUT2D eigenvalue weighted by molar-refractivity contribution is -0.00645. The Labute approximate surface area is 145 Å². The van der Waals surface area contributed by atoms with E-state index in [0.717, 1.165) is 3.57 Å². The lowest BCUT2D eigenvalue weighted by atomic mass is 9.89. The second-order valence-corrected chi connectivity index (χ2v) is 6.95. The van der Waals surface area contributed by atoms with E-state index in [4.69, 9.17) is 4.74 Å². The van der Waals surface area contributed by atoms with E-state index in [1.807, 2.05) is 6.07 Å². The first kappa shape index (κ1) is 16.4. The quantitative estimate of drug-likeness (QED) is 0.727. The molecule has 122 valence electrons. The van der Waals surface area contributed by atoms with E-state index in [1.54, 1.807) is 16.7 Å². The molecular weight excluding hydrogens is 413 g/mol. The topological polar surface area (TPSA) is 88.8 Å². The molecule has 3 rings (SSSR count). The van der Waals surface area contributed by atoms with Gasteiger partial charge in [-0.25, -0.2) is 4.79 Å². The van der Waals surface area contributed by atoms with E-state index in [-0.39, 0.29) is 12.2 Å². The lowest BCUT2D eigenvalue weighted by Crippen LogP contribution is -2.44. The average Bonchev–Trinajstić information content (AvgIpc) is 2.56. The van der Waals surface area contributed by atoms with Gasteiger partial charge in [0.05, 0.1) is 17.7 Å². The minimum atomic E-state index is -1.26. The number of aromatic carboxylic acids is 1. The first-order chi connectivity index (χ1) is 11.0. The van der Waals surface area contributed by atoms with Gasteiger partial charge in [-0.05, 0) is 53.6 Å². The number of carboxylic acid groups (broad SMARTS) is 1. The van der Waals surface area contributed by atoms with Gasteiger partial charge in [-0.2, -0.15) is 0 Å². The van der Waals surface area contributed by atoms with E-state index >= 15 is 0 Å². The highest BCUT2D eigenvalue weighted by Crippen LogP contribution is 2.32. The minimum absolute atomic E-state index is 0.140. The molecule has 2 heterocycles. The van der Waals surface area contributed by atoms with E-state index in [0.29, 0.717) is 37.0 Å². The van der Waals surface area contributed by atoms with E-state index in [9.17, 15) is 19.8 Å². The lowest BCUT2D eigenvalue weighted by Gasteiger charge is -2.39. The van der Waals surface area contributed by atoms with Crippen LogP contribution >= 0.6 is 22.6 Å². The summed E-state index contributed by atoms with van der Waals surface area (Å²) in [7, 11) is 0. The number of benzene rings is 1. The fourth-order valence-electron chi connectivity index (χ4n) is 3.07. The van der Waals surface area contributed by atoms with Crippen LogP contribution in [0.25, 0.3) is 10.9 Å². The molecule has 6 nitrogen and oxygen atoms in total. The largest absolute Gasteiger partial charge is 0.477 e. The number of carbonyl (C=O) groups is 1. The summed E-state index contributed by atoms with van der Waals surface area (Å²) in [5, 5.41) is 19.7. The SMILES string of the molecule is O=C(O)c1cn(C2(CO)CCOCC2)c2ccc(I)cc2c1=O. The molecule has 1 saturated heterocycles. The van der Waals surface area contributed by atoms with Crippen LogP contribution in [-0.4, -0.2) is 40.6 Å². The van der Waals surface area contributed by atoms with Crippen molar-refractivity contribution in [3.05, 3.63) is 43.8 Å². The highest BCUT2D eigenvalue weighted by Gasteiger charge is 2.35. The number of pyridine rings is 1. The summed E-state index contributed by atoms with van der Waals surface area (Å²) in [5.74, 6) is -1.26. The Morgan fingerprint density at radius 1 is 1.35 bits per heavy atom. The van der Waals surface area contributed by atoms with Crippen LogP contribution in [0.15, 0.2) is 29.2 Å². The third-order valence-electron chi connectivity index (χ3n) is 4.42. The van der Waals surface area contributed by atoms with Crippen molar-refractivity contribution in [2.75, 3.05) is 19.8 Å². The van der Waals surface area contributed by atoms with Gasteiger partial charge in [-0.1, -0.05) is 0 Å². The van der Waals surface area contributed by atoms with Crippen LogP contribution in [0.2, 0.25) is 0 Å². The smallest absolute Gasteiger partial charge is 0.341 e. The van der Waals surface area contributed by atoms with Gasteiger partial charge in [0, 0.05) is 28.4 Å². The molecule has 0 saturated carbocycles. The molecule has 1 aromatic heterocycles. The highest BCUT2D eigenvalue weighted by atomic mass is 127. The van der Waals surface area contributed by atoms with Crippen molar-refractivity contribution in [3.63, 3.8) is 0 Å². The maximum absolute atomic E-state index is 12.5. The second-order valence-electron chi connectivity index (χ2n) is 5.70. The number of aliphatic hydroxyl groups excluding tert-OH is 1. The van der Waals surface area contributed by atoms with Gasteiger partial charge in [0.2, 0.25) is 5.43 Å². The van der Waals surface area contributed by atoms with Gasteiger partial charge in [0.25, 0.3) is 0 Å². The minimum Gasteiger partial charge on any atom is -0.477 e. The maximum atomic E-state index is 12.5. The summed E-state index contributed by atoms with van der Waals surface area (Å²) in [6.07, 6.45) is 2.49. The summed E-state index contributed by atoms with van der Waals surface area (Å²) in [5.41, 5.74) is -0.793. The number of hydrogen-bond donors (Lipinski definition) is 2. The molecule has 0 amide bonds. The van der Waals surface area contributed by atoms with Crippen molar-refractivity contribution in [3.8, 4) is 0 Å². The zero-order valence-corrected chi connectivity index (χ0v) is 14.4. The molecule has 1 aliphatic rings. The van der Waals surface area contributed by atoms with Gasteiger partial charge in [0.15, 0.2) is 0 Å². The molecule has 0 radical (unpaired) electrons. The molecule has 0 aliphatic carbocycles. The molecule has 0 spiro atoms. The highest BCUT2D eigenvalue weighted by molar-refractivity contribution is 14.1. The van der Waals surface area contributed by atoms with Crippen LogP contribution in [0.5, 0.6) is 0 Å². The fraction of sp³-hybridized carbons (Fsp3) is 0.375. The molecule has 0 bridgehead atoms. The molecule has 1 aromatic carbocycles. The number of fused-ring (bicyclic) bond motifs is 1. The number of halogens is 1. The molecule has 0 unspecified atom stereocenters. The zero-order valence-electron chi connectivity index (χ0n) is 12.3. The van der Waals surface area contributed by atoms with Crippen LogP contribution in [0.1, 0.15) is 23.2 Å². The van der Waals surface area contributed by atoms with Gasteiger partial charge in [-0.3, -0.25) is 4.79 Å². The Morgan fingerprint density at radius 3 is 2.65 bits per heavy atom. The Morgan fingerprint density at radius 2 is 2.04 bits per heavy atom. The van der Waals surface area contributed by atoms with Crippen LogP contribution in [0.4, 0.5) is 0 Å². The monoisotopic (exact) mass is 429 g/mol. The Kier molecular flexibility index (Phi) is 4.43. The van der Waals surface area contributed by atoms with Crippen molar-refractivity contribution in [2.24, 2.45) is 0 Å². The first-order valence-corrected chi connectivity index (χ1v) is 8.34. The van der Waals surface area contributed by atoms with Gasteiger partial charge < -0.3 is 19.5 Å². The van der Waals surface area contributed by atoms with Crippen molar-refractivity contribution in [2.45, 2.75) is 18.4 Å². The van der Waals surface area contributed by atoms with Crippen LogP contribution in [0.3, 0.4) is 0 Å². The van der Waals surface area contributed by atoms with Gasteiger partial charge in [-0.15, -0.1) is 0 Å². The van der Waals surface area contributed by atoms with Crippen LogP contribution < -0.4 is 5.43 Å². The first-order valence-electron chi connectivity index (χ1n) is 7.26.